The van der Waals surface area contributed by atoms with Crippen LogP contribution in [0, 0.1) is 0 Å². The van der Waals surface area contributed by atoms with Crippen molar-refractivity contribution < 1.29 is 19.1 Å². The van der Waals surface area contributed by atoms with Crippen LogP contribution in [0.5, 0.6) is 0 Å². The number of ether oxygens (including phenoxy) is 2. The molecule has 160 valence electrons. The van der Waals surface area contributed by atoms with Gasteiger partial charge in [-0.25, -0.2) is 4.79 Å². The summed E-state index contributed by atoms with van der Waals surface area (Å²) in [6, 6.07) is 19.8. The van der Waals surface area contributed by atoms with E-state index in [4.69, 9.17) is 9.47 Å². The lowest BCUT2D eigenvalue weighted by atomic mass is 10.0. The highest BCUT2D eigenvalue weighted by atomic mass is 16.6. The van der Waals surface area contributed by atoms with Gasteiger partial charge in [-0.15, -0.1) is 0 Å². The molecule has 1 aliphatic rings. The standard InChI is InChI=1S/C25H31NO4/c1-2-3-17-26-22(16-10-15-20-11-6-4-7-12-20)23(30-25(26)28)19-29-24(27)18-21-13-8-5-9-14-21/h4-9,11-14,22-23H,2-3,10,15-19H2,1H3/t22-,23-/m1/s1. The van der Waals surface area contributed by atoms with E-state index in [1.54, 1.807) is 0 Å². The number of cyclic esters (lactones) is 1. The summed E-state index contributed by atoms with van der Waals surface area (Å²) in [6.45, 7) is 2.89. The lowest BCUT2D eigenvalue weighted by molar-refractivity contribution is -0.145. The smallest absolute Gasteiger partial charge is 0.410 e. The van der Waals surface area contributed by atoms with E-state index in [0.29, 0.717) is 6.54 Å². The van der Waals surface area contributed by atoms with Crippen molar-refractivity contribution in [2.24, 2.45) is 0 Å². The second-order valence-corrected chi connectivity index (χ2v) is 7.76. The van der Waals surface area contributed by atoms with Gasteiger partial charge in [0.25, 0.3) is 0 Å². The maximum Gasteiger partial charge on any atom is 0.410 e. The topological polar surface area (TPSA) is 55.8 Å². The molecule has 30 heavy (non-hydrogen) atoms. The van der Waals surface area contributed by atoms with Crippen LogP contribution in [0.15, 0.2) is 60.7 Å². The van der Waals surface area contributed by atoms with Crippen molar-refractivity contribution in [3.63, 3.8) is 0 Å². The fraction of sp³-hybridized carbons (Fsp3) is 0.440. The van der Waals surface area contributed by atoms with Gasteiger partial charge >= 0.3 is 12.1 Å². The Morgan fingerprint density at radius 2 is 1.67 bits per heavy atom. The molecular weight excluding hydrogens is 378 g/mol. The Kier molecular flexibility index (Phi) is 8.30. The Hall–Kier alpha value is -2.82. The number of esters is 1. The van der Waals surface area contributed by atoms with Gasteiger partial charge in [-0.05, 0) is 36.8 Å². The summed E-state index contributed by atoms with van der Waals surface area (Å²) in [6.07, 6.45) is 4.19. The van der Waals surface area contributed by atoms with E-state index in [9.17, 15) is 9.59 Å². The SMILES string of the molecule is CCCCN1C(=O)O[C@H](COC(=O)Cc2ccccc2)[C@H]1CCCc1ccccc1. The van der Waals surface area contributed by atoms with Crippen molar-refractivity contribution in [3.05, 3.63) is 71.8 Å². The van der Waals surface area contributed by atoms with Crippen LogP contribution in [0.25, 0.3) is 0 Å². The summed E-state index contributed by atoms with van der Waals surface area (Å²) in [5.74, 6) is -0.299. The van der Waals surface area contributed by atoms with E-state index in [1.165, 1.54) is 5.56 Å². The minimum absolute atomic E-state index is 0.0581. The van der Waals surface area contributed by atoms with E-state index in [0.717, 1.165) is 37.7 Å². The van der Waals surface area contributed by atoms with E-state index < -0.39 is 6.10 Å². The first kappa shape index (κ1) is 21.9. The molecule has 5 heteroatoms. The lowest BCUT2D eigenvalue weighted by Crippen LogP contribution is -2.39. The van der Waals surface area contributed by atoms with Crippen molar-refractivity contribution in [2.45, 2.75) is 57.6 Å². The predicted octanol–water partition coefficient (Wildman–Crippen LogP) is 4.78. The molecule has 0 N–H and O–H groups in total. The van der Waals surface area contributed by atoms with Gasteiger partial charge in [0.05, 0.1) is 12.5 Å². The first-order valence-electron chi connectivity index (χ1n) is 10.9. The van der Waals surface area contributed by atoms with Crippen molar-refractivity contribution in [2.75, 3.05) is 13.2 Å². The Bertz CT molecular complexity index is 793. The van der Waals surface area contributed by atoms with Crippen LogP contribution < -0.4 is 0 Å². The van der Waals surface area contributed by atoms with Gasteiger partial charge in [-0.2, -0.15) is 0 Å². The number of nitrogens with zero attached hydrogens (tertiary/aromatic N) is 1. The Labute approximate surface area is 179 Å². The number of aryl methyl sites for hydroxylation is 1. The molecule has 1 fully saturated rings. The molecular formula is C25H31NO4. The monoisotopic (exact) mass is 409 g/mol. The lowest BCUT2D eigenvalue weighted by Gasteiger charge is -2.24. The fourth-order valence-corrected chi connectivity index (χ4v) is 3.83. The number of hydrogen-bond donors (Lipinski definition) is 0. The number of carbonyl (C=O) groups is 2. The highest BCUT2D eigenvalue weighted by Crippen LogP contribution is 2.25. The third kappa shape index (κ3) is 6.34. The second kappa shape index (κ2) is 11.4. The molecule has 3 rings (SSSR count). The molecule has 1 amide bonds. The number of carbonyl (C=O) groups excluding carboxylic acids is 2. The molecule has 0 radical (unpaired) electrons. The van der Waals surface area contributed by atoms with Crippen LogP contribution in [0.4, 0.5) is 4.79 Å². The zero-order valence-electron chi connectivity index (χ0n) is 17.7. The summed E-state index contributed by atoms with van der Waals surface area (Å²) >= 11 is 0. The number of amides is 1. The minimum Gasteiger partial charge on any atom is -0.461 e. The van der Waals surface area contributed by atoms with Crippen LogP contribution in [0.2, 0.25) is 0 Å². The molecule has 1 heterocycles. The molecule has 2 aromatic rings. The van der Waals surface area contributed by atoms with Gasteiger partial charge in [0.1, 0.15) is 6.61 Å². The molecule has 2 aromatic carbocycles. The van der Waals surface area contributed by atoms with Crippen molar-refractivity contribution in [3.8, 4) is 0 Å². The minimum atomic E-state index is -0.412. The van der Waals surface area contributed by atoms with Gasteiger partial charge in [0.15, 0.2) is 6.10 Å². The first-order chi connectivity index (χ1) is 14.7. The fourth-order valence-electron chi connectivity index (χ4n) is 3.83. The van der Waals surface area contributed by atoms with Gasteiger partial charge in [0.2, 0.25) is 0 Å². The maximum atomic E-state index is 12.4. The van der Waals surface area contributed by atoms with E-state index in [2.05, 4.69) is 19.1 Å². The number of rotatable bonds is 11. The normalized spacial score (nSPS) is 18.3. The summed E-state index contributed by atoms with van der Waals surface area (Å²) in [5, 5.41) is 0. The molecule has 2 atom stereocenters. The summed E-state index contributed by atoms with van der Waals surface area (Å²) in [4.78, 5) is 26.5. The average molecular weight is 410 g/mol. The third-order valence-corrected chi connectivity index (χ3v) is 5.48. The molecule has 5 nitrogen and oxygen atoms in total. The Morgan fingerprint density at radius 1 is 1.00 bits per heavy atom. The molecule has 1 saturated heterocycles. The van der Waals surface area contributed by atoms with Crippen molar-refractivity contribution in [1.82, 2.24) is 4.90 Å². The zero-order chi connectivity index (χ0) is 21.2. The van der Waals surface area contributed by atoms with Gasteiger partial charge in [-0.1, -0.05) is 74.0 Å². The van der Waals surface area contributed by atoms with Crippen LogP contribution in [-0.4, -0.2) is 42.3 Å². The zero-order valence-corrected chi connectivity index (χ0v) is 17.7. The van der Waals surface area contributed by atoms with Gasteiger partial charge < -0.3 is 14.4 Å². The van der Waals surface area contributed by atoms with Crippen LogP contribution in [-0.2, 0) is 27.1 Å². The summed E-state index contributed by atoms with van der Waals surface area (Å²) in [7, 11) is 0. The van der Waals surface area contributed by atoms with Crippen molar-refractivity contribution in [1.29, 1.82) is 0 Å². The van der Waals surface area contributed by atoms with E-state index >= 15 is 0 Å². The Morgan fingerprint density at radius 3 is 2.33 bits per heavy atom. The second-order valence-electron chi connectivity index (χ2n) is 7.76. The molecule has 0 aromatic heterocycles. The summed E-state index contributed by atoms with van der Waals surface area (Å²) < 4.78 is 11.1. The molecule has 0 bridgehead atoms. The number of benzene rings is 2. The van der Waals surface area contributed by atoms with E-state index in [-0.39, 0.29) is 31.1 Å². The highest BCUT2D eigenvalue weighted by Gasteiger charge is 2.41. The van der Waals surface area contributed by atoms with Crippen LogP contribution >= 0.6 is 0 Å². The predicted molar refractivity (Wildman–Crippen MR) is 116 cm³/mol. The largest absolute Gasteiger partial charge is 0.461 e. The number of unbranched alkanes of at least 4 members (excludes halogenated alkanes) is 1. The average Bonchev–Trinajstić information content (AvgIpc) is 3.06. The first-order valence-corrected chi connectivity index (χ1v) is 10.9. The highest BCUT2D eigenvalue weighted by molar-refractivity contribution is 5.73. The molecule has 0 spiro atoms. The maximum absolute atomic E-state index is 12.4. The summed E-state index contributed by atoms with van der Waals surface area (Å²) in [5.41, 5.74) is 2.20. The molecule has 0 saturated carbocycles. The molecule has 0 unspecified atom stereocenters. The third-order valence-electron chi connectivity index (χ3n) is 5.48. The van der Waals surface area contributed by atoms with Gasteiger partial charge in [0, 0.05) is 6.54 Å². The van der Waals surface area contributed by atoms with Crippen LogP contribution in [0.3, 0.4) is 0 Å². The van der Waals surface area contributed by atoms with Crippen LogP contribution in [0.1, 0.15) is 43.7 Å². The molecule has 1 aliphatic heterocycles. The Balaban J connectivity index is 1.55. The van der Waals surface area contributed by atoms with Gasteiger partial charge in [-0.3, -0.25) is 4.79 Å². The molecule has 0 aliphatic carbocycles. The number of hydrogen-bond acceptors (Lipinski definition) is 4. The quantitative estimate of drug-likeness (QED) is 0.501. The van der Waals surface area contributed by atoms with E-state index in [1.807, 2.05) is 53.4 Å². The van der Waals surface area contributed by atoms with Crippen molar-refractivity contribution >= 4 is 12.1 Å².